The van der Waals surface area contributed by atoms with Crippen LogP contribution in [0.3, 0.4) is 0 Å². The Hall–Kier alpha value is -5.14. The standard InChI is InChI=1S/C44H35N/c1-4-5-8-29-15-18-31(19-16-29)45-41-23-13-27(2)25-39(41)40-26-30(17-24-42(40)45)33-21-22-38-37-20-14-28(3)32-9-6-11-35(43(32)37)36-12-7-10-34(33)44(36)38/h6-7,9-26H,4-5,8H2,1-3H3. The van der Waals surface area contributed by atoms with Crippen molar-refractivity contribution in [3.8, 4) is 16.8 Å². The molecule has 1 heteroatoms. The Labute approximate surface area is 263 Å². The van der Waals surface area contributed by atoms with Gasteiger partial charge in [-0.2, -0.15) is 0 Å². The van der Waals surface area contributed by atoms with Gasteiger partial charge in [0.1, 0.15) is 0 Å². The molecule has 45 heavy (non-hydrogen) atoms. The van der Waals surface area contributed by atoms with E-state index in [-0.39, 0.29) is 0 Å². The fourth-order valence-corrected chi connectivity index (χ4v) is 7.88. The van der Waals surface area contributed by atoms with Crippen LogP contribution in [0, 0.1) is 13.8 Å². The molecule has 0 saturated heterocycles. The van der Waals surface area contributed by atoms with Gasteiger partial charge < -0.3 is 4.57 Å². The van der Waals surface area contributed by atoms with Crippen molar-refractivity contribution in [3.05, 3.63) is 138 Å². The van der Waals surface area contributed by atoms with Gasteiger partial charge in [0.05, 0.1) is 11.0 Å². The Morgan fingerprint density at radius 1 is 0.511 bits per heavy atom. The molecule has 9 aromatic rings. The number of hydrogen-bond acceptors (Lipinski definition) is 0. The molecule has 0 amide bonds. The molecule has 1 heterocycles. The third kappa shape index (κ3) is 3.87. The maximum Gasteiger partial charge on any atom is 0.0541 e. The van der Waals surface area contributed by atoms with E-state index in [9.17, 15) is 0 Å². The highest BCUT2D eigenvalue weighted by Gasteiger charge is 2.18. The van der Waals surface area contributed by atoms with Gasteiger partial charge in [0, 0.05) is 16.5 Å². The van der Waals surface area contributed by atoms with Crippen LogP contribution in [-0.4, -0.2) is 4.57 Å². The minimum absolute atomic E-state index is 1.14. The van der Waals surface area contributed by atoms with Crippen LogP contribution in [-0.2, 0) is 6.42 Å². The molecule has 0 unspecified atom stereocenters. The van der Waals surface area contributed by atoms with E-state index in [4.69, 9.17) is 0 Å². The highest BCUT2D eigenvalue weighted by molar-refractivity contribution is 6.34. The Morgan fingerprint density at radius 3 is 1.89 bits per heavy atom. The predicted octanol–water partition coefficient (Wildman–Crippen LogP) is 12.5. The summed E-state index contributed by atoms with van der Waals surface area (Å²) in [5.41, 5.74) is 10.3. The molecule has 0 spiro atoms. The summed E-state index contributed by atoms with van der Waals surface area (Å²) < 4.78 is 2.44. The van der Waals surface area contributed by atoms with Crippen LogP contribution < -0.4 is 0 Å². The van der Waals surface area contributed by atoms with Crippen molar-refractivity contribution in [2.24, 2.45) is 0 Å². The van der Waals surface area contributed by atoms with Crippen molar-refractivity contribution in [2.75, 3.05) is 0 Å². The second-order valence-corrected chi connectivity index (χ2v) is 12.9. The van der Waals surface area contributed by atoms with Crippen LogP contribution >= 0.6 is 0 Å². The van der Waals surface area contributed by atoms with Crippen LogP contribution in [0.1, 0.15) is 36.5 Å². The van der Waals surface area contributed by atoms with Crippen molar-refractivity contribution >= 4 is 64.9 Å². The molecule has 0 aliphatic rings. The maximum absolute atomic E-state index is 2.44. The third-order valence-corrected chi connectivity index (χ3v) is 10.1. The number of nitrogens with zero attached hydrogens (tertiary/aromatic N) is 1. The number of aryl methyl sites for hydroxylation is 3. The lowest BCUT2D eigenvalue weighted by atomic mass is 9.86. The van der Waals surface area contributed by atoms with Crippen LogP contribution in [0.4, 0.5) is 0 Å². The summed E-state index contributed by atoms with van der Waals surface area (Å²) in [4.78, 5) is 0. The molecule has 0 radical (unpaired) electrons. The van der Waals surface area contributed by atoms with Crippen LogP contribution in [0.2, 0.25) is 0 Å². The highest BCUT2D eigenvalue weighted by atomic mass is 15.0. The van der Waals surface area contributed by atoms with Crippen molar-refractivity contribution in [1.29, 1.82) is 0 Å². The van der Waals surface area contributed by atoms with Gasteiger partial charge in [-0.15, -0.1) is 0 Å². The van der Waals surface area contributed by atoms with E-state index >= 15 is 0 Å². The van der Waals surface area contributed by atoms with E-state index in [1.807, 2.05) is 0 Å². The molecule has 0 fully saturated rings. The molecule has 0 aliphatic carbocycles. The molecule has 8 aromatic carbocycles. The number of fused-ring (bicyclic) bond motifs is 5. The van der Waals surface area contributed by atoms with E-state index in [0.29, 0.717) is 0 Å². The molecule has 0 saturated carbocycles. The number of rotatable bonds is 5. The lowest BCUT2D eigenvalue weighted by Gasteiger charge is -2.17. The maximum atomic E-state index is 2.44. The summed E-state index contributed by atoms with van der Waals surface area (Å²) in [5.74, 6) is 0. The topological polar surface area (TPSA) is 4.93 Å². The summed E-state index contributed by atoms with van der Waals surface area (Å²) >= 11 is 0. The van der Waals surface area contributed by atoms with Crippen molar-refractivity contribution in [1.82, 2.24) is 4.57 Å². The van der Waals surface area contributed by atoms with Gasteiger partial charge in [0.15, 0.2) is 0 Å². The Morgan fingerprint density at radius 2 is 1.13 bits per heavy atom. The summed E-state index contributed by atoms with van der Waals surface area (Å²) in [7, 11) is 0. The summed E-state index contributed by atoms with van der Waals surface area (Å²) in [6.07, 6.45) is 3.59. The zero-order valence-electron chi connectivity index (χ0n) is 26.1. The fourth-order valence-electron chi connectivity index (χ4n) is 7.88. The van der Waals surface area contributed by atoms with Gasteiger partial charge in [-0.3, -0.25) is 0 Å². The van der Waals surface area contributed by atoms with Gasteiger partial charge in [0.25, 0.3) is 0 Å². The lowest BCUT2D eigenvalue weighted by molar-refractivity contribution is 0.795. The average Bonchev–Trinajstić information content (AvgIpc) is 3.39. The van der Waals surface area contributed by atoms with Crippen molar-refractivity contribution in [3.63, 3.8) is 0 Å². The van der Waals surface area contributed by atoms with E-state index < -0.39 is 0 Å². The summed E-state index contributed by atoms with van der Waals surface area (Å²) in [6.45, 7) is 6.67. The zero-order valence-corrected chi connectivity index (χ0v) is 26.1. The Kier molecular flexibility index (Phi) is 5.80. The molecule has 0 atom stereocenters. The molecule has 1 nitrogen and oxygen atoms in total. The predicted molar refractivity (Wildman–Crippen MR) is 196 cm³/mol. The third-order valence-electron chi connectivity index (χ3n) is 10.1. The SMILES string of the molecule is CCCCc1ccc(-n2c3ccc(C)cc3c3cc(-c4ccc5c6ccc(C)c7cccc(c8cccc4c85)c76)ccc32)cc1. The molecule has 0 bridgehead atoms. The first-order valence-corrected chi connectivity index (χ1v) is 16.3. The van der Waals surface area contributed by atoms with Crippen molar-refractivity contribution < 1.29 is 0 Å². The number of benzene rings is 8. The van der Waals surface area contributed by atoms with Gasteiger partial charge in [0.2, 0.25) is 0 Å². The quantitative estimate of drug-likeness (QED) is 0.142. The largest absolute Gasteiger partial charge is 0.309 e. The smallest absolute Gasteiger partial charge is 0.0541 e. The molecule has 0 N–H and O–H groups in total. The van der Waals surface area contributed by atoms with Crippen molar-refractivity contribution in [2.45, 2.75) is 40.0 Å². The second kappa shape index (κ2) is 9.94. The second-order valence-electron chi connectivity index (χ2n) is 12.9. The van der Waals surface area contributed by atoms with Gasteiger partial charge >= 0.3 is 0 Å². The van der Waals surface area contributed by atoms with Crippen LogP contribution in [0.5, 0.6) is 0 Å². The fraction of sp³-hybridized carbons (Fsp3) is 0.136. The molecular formula is C44H35N. The molecular weight excluding hydrogens is 542 g/mol. The number of unbranched alkanes of at least 4 members (excludes halogenated alkanes) is 1. The first-order chi connectivity index (χ1) is 22.1. The van der Waals surface area contributed by atoms with Gasteiger partial charge in [-0.25, -0.2) is 0 Å². The minimum Gasteiger partial charge on any atom is -0.309 e. The minimum atomic E-state index is 1.14. The first kappa shape index (κ1) is 26.3. The van der Waals surface area contributed by atoms with Crippen LogP contribution in [0.25, 0.3) is 81.7 Å². The van der Waals surface area contributed by atoms with E-state index in [2.05, 4.69) is 147 Å². The molecule has 0 aliphatic heterocycles. The monoisotopic (exact) mass is 577 g/mol. The summed E-state index contributed by atoms with van der Waals surface area (Å²) in [5, 5.41) is 13.4. The number of aromatic nitrogens is 1. The van der Waals surface area contributed by atoms with Gasteiger partial charge in [-0.1, -0.05) is 104 Å². The normalized spacial score (nSPS) is 12.2. The average molecular weight is 578 g/mol. The lowest BCUT2D eigenvalue weighted by Crippen LogP contribution is -1.95. The Balaban J connectivity index is 1.29. The molecule has 9 rings (SSSR count). The highest BCUT2D eigenvalue weighted by Crippen LogP contribution is 2.44. The van der Waals surface area contributed by atoms with Crippen LogP contribution in [0.15, 0.2) is 121 Å². The first-order valence-electron chi connectivity index (χ1n) is 16.3. The Bertz CT molecular complexity index is 2560. The summed E-state index contributed by atoms with van der Waals surface area (Å²) in [6, 6.07) is 46.1. The number of hydrogen-bond donors (Lipinski definition) is 0. The van der Waals surface area contributed by atoms with E-state index in [1.54, 1.807) is 0 Å². The van der Waals surface area contributed by atoms with E-state index in [1.165, 1.54) is 111 Å². The van der Waals surface area contributed by atoms with E-state index in [0.717, 1.165) is 6.42 Å². The van der Waals surface area contributed by atoms with Gasteiger partial charge in [-0.05, 0) is 128 Å². The molecule has 216 valence electrons. The zero-order chi connectivity index (χ0) is 30.2. The molecule has 1 aromatic heterocycles.